The minimum atomic E-state index is -0.177. The molecule has 2 heterocycles. The highest BCUT2D eigenvalue weighted by Crippen LogP contribution is 2.49. The fourth-order valence-corrected chi connectivity index (χ4v) is 4.16. The molecule has 1 atom stereocenters. The lowest BCUT2D eigenvalue weighted by Crippen LogP contribution is -2.53. The zero-order chi connectivity index (χ0) is 19.0. The van der Waals surface area contributed by atoms with E-state index in [0.29, 0.717) is 17.9 Å². The highest BCUT2D eigenvalue weighted by atomic mass is 16.5. The third kappa shape index (κ3) is 3.34. The first-order valence-corrected chi connectivity index (χ1v) is 9.60. The second-order valence-corrected chi connectivity index (χ2v) is 7.82. The standard InChI is InChI=1S/C21H26N2O4/c1-14-18(15(2)27-22-14)13-26-17-5-3-16(4-6-17)20(25)23-11-9-21(10-12-23)8-7-19(21)24/h3-6,19,24H,7-13H2,1-2H3. The molecule has 4 rings (SSSR count). The van der Waals surface area contributed by atoms with Crippen LogP contribution in [-0.4, -0.2) is 40.3 Å². The SMILES string of the molecule is Cc1noc(C)c1COc1ccc(C(=O)N2CCC3(CCC3O)CC2)cc1. The van der Waals surface area contributed by atoms with Crippen LogP contribution < -0.4 is 4.74 Å². The van der Waals surface area contributed by atoms with Crippen molar-refractivity contribution in [2.75, 3.05) is 13.1 Å². The van der Waals surface area contributed by atoms with Gasteiger partial charge in [-0.15, -0.1) is 0 Å². The third-order valence-corrected chi connectivity index (χ3v) is 6.33. The van der Waals surface area contributed by atoms with Crippen molar-refractivity contribution in [1.29, 1.82) is 0 Å². The van der Waals surface area contributed by atoms with Crippen molar-refractivity contribution in [3.8, 4) is 5.75 Å². The molecule has 1 unspecified atom stereocenters. The van der Waals surface area contributed by atoms with E-state index in [2.05, 4.69) is 5.16 Å². The summed E-state index contributed by atoms with van der Waals surface area (Å²) >= 11 is 0. The van der Waals surface area contributed by atoms with Crippen LogP contribution in [0.4, 0.5) is 0 Å². The molecule has 1 aromatic carbocycles. The molecule has 1 saturated carbocycles. The van der Waals surface area contributed by atoms with E-state index in [0.717, 1.165) is 55.8 Å². The van der Waals surface area contributed by atoms with Gasteiger partial charge in [0.1, 0.15) is 18.1 Å². The number of ether oxygens (including phenoxy) is 1. The van der Waals surface area contributed by atoms with E-state index in [-0.39, 0.29) is 17.4 Å². The Morgan fingerprint density at radius 2 is 1.96 bits per heavy atom. The van der Waals surface area contributed by atoms with Crippen LogP contribution in [0.3, 0.4) is 0 Å². The molecule has 27 heavy (non-hydrogen) atoms. The van der Waals surface area contributed by atoms with Crippen LogP contribution in [0.2, 0.25) is 0 Å². The number of aromatic nitrogens is 1. The van der Waals surface area contributed by atoms with Crippen LogP contribution in [0, 0.1) is 19.3 Å². The molecule has 1 amide bonds. The van der Waals surface area contributed by atoms with Gasteiger partial charge in [-0.3, -0.25) is 4.79 Å². The van der Waals surface area contributed by atoms with Gasteiger partial charge in [-0.05, 0) is 69.2 Å². The average molecular weight is 370 g/mol. The summed E-state index contributed by atoms with van der Waals surface area (Å²) in [5, 5.41) is 13.9. The van der Waals surface area contributed by atoms with Crippen molar-refractivity contribution < 1.29 is 19.2 Å². The fourth-order valence-electron chi connectivity index (χ4n) is 4.16. The fraction of sp³-hybridized carbons (Fsp3) is 0.524. The number of carbonyl (C=O) groups excluding carboxylic acids is 1. The van der Waals surface area contributed by atoms with Gasteiger partial charge in [0, 0.05) is 18.7 Å². The summed E-state index contributed by atoms with van der Waals surface area (Å²) < 4.78 is 10.9. The average Bonchev–Trinajstić information content (AvgIpc) is 3.02. The second kappa shape index (κ2) is 7.00. The van der Waals surface area contributed by atoms with Crippen LogP contribution in [0.25, 0.3) is 0 Å². The summed E-state index contributed by atoms with van der Waals surface area (Å²) in [7, 11) is 0. The molecule has 1 aliphatic heterocycles. The van der Waals surface area contributed by atoms with Gasteiger partial charge in [-0.1, -0.05) is 5.16 Å². The van der Waals surface area contributed by atoms with Gasteiger partial charge in [0.2, 0.25) is 0 Å². The van der Waals surface area contributed by atoms with E-state index in [1.54, 1.807) is 0 Å². The van der Waals surface area contributed by atoms with E-state index in [4.69, 9.17) is 9.26 Å². The molecular weight excluding hydrogens is 344 g/mol. The van der Waals surface area contributed by atoms with Crippen molar-refractivity contribution >= 4 is 5.91 Å². The van der Waals surface area contributed by atoms with Crippen molar-refractivity contribution in [2.45, 2.75) is 52.2 Å². The van der Waals surface area contributed by atoms with Gasteiger partial charge in [-0.25, -0.2) is 0 Å². The smallest absolute Gasteiger partial charge is 0.253 e. The maximum Gasteiger partial charge on any atom is 0.253 e. The number of hydrogen-bond acceptors (Lipinski definition) is 5. The minimum Gasteiger partial charge on any atom is -0.489 e. The highest BCUT2D eigenvalue weighted by molar-refractivity contribution is 5.94. The number of piperidine rings is 1. The van der Waals surface area contributed by atoms with Crippen LogP contribution >= 0.6 is 0 Å². The zero-order valence-corrected chi connectivity index (χ0v) is 15.9. The number of aliphatic hydroxyl groups excluding tert-OH is 1. The largest absolute Gasteiger partial charge is 0.489 e. The second-order valence-electron chi connectivity index (χ2n) is 7.82. The molecule has 1 spiro atoms. The maximum atomic E-state index is 12.7. The summed E-state index contributed by atoms with van der Waals surface area (Å²) in [6.45, 7) is 5.60. The molecule has 1 saturated heterocycles. The normalized spacial score (nSPS) is 21.1. The topological polar surface area (TPSA) is 75.8 Å². The Morgan fingerprint density at radius 3 is 2.48 bits per heavy atom. The molecule has 0 bridgehead atoms. The van der Waals surface area contributed by atoms with Gasteiger partial charge in [0.05, 0.1) is 17.4 Å². The third-order valence-electron chi connectivity index (χ3n) is 6.33. The lowest BCUT2D eigenvalue weighted by molar-refractivity contribution is -0.0952. The molecule has 6 nitrogen and oxygen atoms in total. The molecule has 2 aliphatic rings. The number of hydrogen-bond donors (Lipinski definition) is 1. The predicted octanol–water partition coefficient (Wildman–Crippen LogP) is 3.25. The maximum absolute atomic E-state index is 12.7. The first-order valence-electron chi connectivity index (χ1n) is 9.60. The van der Waals surface area contributed by atoms with E-state index in [1.165, 1.54) is 0 Å². The van der Waals surface area contributed by atoms with Crippen molar-refractivity contribution in [2.24, 2.45) is 5.41 Å². The molecule has 2 aromatic rings. The van der Waals surface area contributed by atoms with Crippen molar-refractivity contribution in [1.82, 2.24) is 10.1 Å². The number of benzene rings is 1. The van der Waals surface area contributed by atoms with Gasteiger partial charge in [-0.2, -0.15) is 0 Å². The summed E-state index contributed by atoms with van der Waals surface area (Å²) in [5.74, 6) is 1.52. The van der Waals surface area contributed by atoms with Crippen LogP contribution in [0.1, 0.15) is 53.1 Å². The van der Waals surface area contributed by atoms with Gasteiger partial charge in [0.15, 0.2) is 0 Å². The Morgan fingerprint density at radius 1 is 1.26 bits per heavy atom. The van der Waals surface area contributed by atoms with Crippen molar-refractivity contribution in [3.63, 3.8) is 0 Å². The first kappa shape index (κ1) is 18.0. The van der Waals surface area contributed by atoms with Gasteiger partial charge < -0.3 is 19.3 Å². The molecule has 144 valence electrons. The van der Waals surface area contributed by atoms with Crippen molar-refractivity contribution in [3.05, 3.63) is 46.8 Å². The van der Waals surface area contributed by atoms with E-state index < -0.39 is 0 Å². The van der Waals surface area contributed by atoms with Gasteiger partial charge in [0.25, 0.3) is 5.91 Å². The Bertz CT molecular complexity index is 800. The summed E-state index contributed by atoms with van der Waals surface area (Å²) in [4.78, 5) is 14.6. The number of likely N-dealkylation sites (tertiary alicyclic amines) is 1. The lowest BCUT2D eigenvalue weighted by atomic mass is 9.61. The summed E-state index contributed by atoms with van der Waals surface area (Å²) in [6, 6.07) is 7.28. The molecule has 1 N–H and O–H groups in total. The molecule has 2 fully saturated rings. The number of aliphatic hydroxyl groups is 1. The lowest BCUT2D eigenvalue weighted by Gasteiger charge is -2.51. The Kier molecular flexibility index (Phi) is 4.68. The van der Waals surface area contributed by atoms with E-state index >= 15 is 0 Å². The van der Waals surface area contributed by atoms with E-state index in [9.17, 15) is 9.90 Å². The number of nitrogens with zero attached hydrogens (tertiary/aromatic N) is 2. The van der Waals surface area contributed by atoms with Crippen LogP contribution in [0.15, 0.2) is 28.8 Å². The number of carbonyl (C=O) groups is 1. The van der Waals surface area contributed by atoms with Crippen LogP contribution in [0.5, 0.6) is 5.75 Å². The first-order chi connectivity index (χ1) is 13.0. The van der Waals surface area contributed by atoms with Crippen LogP contribution in [-0.2, 0) is 6.61 Å². The molecule has 1 aliphatic carbocycles. The Labute approximate surface area is 159 Å². The molecular formula is C21H26N2O4. The quantitative estimate of drug-likeness (QED) is 0.894. The molecule has 0 radical (unpaired) electrons. The minimum absolute atomic E-state index is 0.0518. The highest BCUT2D eigenvalue weighted by Gasteiger charge is 2.47. The summed E-state index contributed by atoms with van der Waals surface area (Å²) in [6.07, 6.45) is 3.62. The number of aryl methyl sites for hydroxylation is 2. The predicted molar refractivity (Wildman–Crippen MR) is 99.6 cm³/mol. The Balaban J connectivity index is 1.34. The van der Waals surface area contributed by atoms with E-state index in [1.807, 2.05) is 43.0 Å². The number of rotatable bonds is 4. The Hall–Kier alpha value is -2.34. The number of amides is 1. The van der Waals surface area contributed by atoms with Gasteiger partial charge >= 0.3 is 0 Å². The molecule has 1 aromatic heterocycles. The monoisotopic (exact) mass is 370 g/mol. The summed E-state index contributed by atoms with van der Waals surface area (Å²) in [5.41, 5.74) is 2.53. The molecule has 6 heteroatoms. The zero-order valence-electron chi connectivity index (χ0n) is 15.9.